The molecule has 0 saturated heterocycles. The summed E-state index contributed by atoms with van der Waals surface area (Å²) in [5, 5.41) is 0.453. The van der Waals surface area contributed by atoms with Crippen LogP contribution in [0.5, 0.6) is 0 Å². The maximum absolute atomic E-state index is 5.65. The van der Waals surface area contributed by atoms with Crippen molar-refractivity contribution in [3.8, 4) is 0 Å². The topological polar surface area (TPSA) is 18.5 Å². The number of rotatable bonds is 5. The highest BCUT2D eigenvalue weighted by Crippen LogP contribution is 2.46. The third-order valence-electron chi connectivity index (χ3n) is 0.932. The molecule has 64 valence electrons. The van der Waals surface area contributed by atoms with Crippen molar-refractivity contribution in [2.75, 3.05) is 24.7 Å². The first-order valence-corrected chi connectivity index (χ1v) is 5.88. The number of halogens is 1. The molecule has 0 aromatic carbocycles. The van der Waals surface area contributed by atoms with Crippen LogP contribution in [0.3, 0.4) is 0 Å². The molecule has 2 nitrogen and oxygen atoms in total. The minimum absolute atomic E-state index is 0.453. The van der Waals surface area contributed by atoms with Crippen molar-refractivity contribution < 1.29 is 8.37 Å². The van der Waals surface area contributed by atoms with Gasteiger partial charge in [0.1, 0.15) is 5.21 Å². The lowest BCUT2D eigenvalue weighted by Crippen LogP contribution is -2.08. The molecule has 0 amide bonds. The van der Waals surface area contributed by atoms with Crippen LogP contribution >= 0.6 is 22.2 Å². The zero-order valence-electron chi connectivity index (χ0n) is 6.72. The van der Waals surface area contributed by atoms with E-state index in [0.717, 1.165) is 0 Å². The molecule has 0 aliphatic heterocycles. The minimum Gasteiger partial charge on any atom is -0.284 e. The summed E-state index contributed by atoms with van der Waals surface area (Å²) in [6.07, 6.45) is 1.92. The van der Waals surface area contributed by atoms with Crippen molar-refractivity contribution in [1.29, 1.82) is 0 Å². The zero-order chi connectivity index (χ0) is 8.04. The van der Waals surface area contributed by atoms with Crippen LogP contribution in [0.15, 0.2) is 0 Å². The van der Waals surface area contributed by atoms with E-state index in [0.29, 0.717) is 18.4 Å². The fraction of sp³-hybridized carbons (Fsp3) is 1.00. The van der Waals surface area contributed by atoms with Crippen LogP contribution in [-0.2, 0) is 8.37 Å². The second-order valence-electron chi connectivity index (χ2n) is 1.85. The van der Waals surface area contributed by atoms with Crippen LogP contribution in [0.4, 0.5) is 0 Å². The normalized spacial score (nSPS) is 13.6. The van der Waals surface area contributed by atoms with E-state index < -0.39 is 10.6 Å². The molecule has 4 heteroatoms. The summed E-state index contributed by atoms with van der Waals surface area (Å²) in [4.78, 5) is 0. The zero-order valence-corrected chi connectivity index (χ0v) is 8.30. The lowest BCUT2D eigenvalue weighted by Gasteiger charge is -2.36. The van der Waals surface area contributed by atoms with Crippen molar-refractivity contribution in [2.45, 2.75) is 13.8 Å². The molecule has 0 rings (SSSR count). The smallest absolute Gasteiger partial charge is 0.112 e. The van der Waals surface area contributed by atoms with Crippen molar-refractivity contribution >= 4 is 22.2 Å². The molecule has 0 aliphatic carbocycles. The Kier molecular flexibility index (Phi) is 5.54. The number of hydrogen-bond acceptors (Lipinski definition) is 2. The molecular weight excluding hydrogens is 172 g/mol. The summed E-state index contributed by atoms with van der Waals surface area (Å²) in [6.45, 7) is 5.21. The van der Waals surface area contributed by atoms with Gasteiger partial charge in [-0.05, 0) is 13.8 Å². The Bertz CT molecular complexity index is 83.8. The maximum atomic E-state index is 5.65. The van der Waals surface area contributed by atoms with Crippen molar-refractivity contribution in [2.24, 2.45) is 0 Å². The first-order valence-electron chi connectivity index (χ1n) is 3.29. The van der Waals surface area contributed by atoms with Crippen molar-refractivity contribution in [1.82, 2.24) is 0 Å². The first-order chi connectivity index (χ1) is 4.68. The summed E-state index contributed by atoms with van der Waals surface area (Å²) in [7, 11) is -1.41. The minimum atomic E-state index is -1.41. The summed E-state index contributed by atoms with van der Waals surface area (Å²) in [5.41, 5.74) is 0. The van der Waals surface area contributed by atoms with E-state index in [9.17, 15) is 0 Å². The van der Waals surface area contributed by atoms with E-state index in [1.807, 2.05) is 20.1 Å². The Labute approximate surface area is 69.6 Å². The van der Waals surface area contributed by atoms with Gasteiger partial charge in [0.15, 0.2) is 0 Å². The molecular formula is C6H15ClO2S. The Morgan fingerprint density at radius 3 is 1.80 bits per heavy atom. The van der Waals surface area contributed by atoms with Gasteiger partial charge in [-0.2, -0.15) is 10.6 Å². The summed E-state index contributed by atoms with van der Waals surface area (Å²) >= 11 is 5.65. The van der Waals surface area contributed by atoms with E-state index in [2.05, 4.69) is 0 Å². The fourth-order valence-corrected chi connectivity index (χ4v) is 2.16. The predicted molar refractivity (Wildman–Crippen MR) is 47.5 cm³/mol. The second-order valence-corrected chi connectivity index (χ2v) is 5.04. The third-order valence-corrected chi connectivity index (χ3v) is 3.99. The quantitative estimate of drug-likeness (QED) is 0.615. The van der Waals surface area contributed by atoms with Crippen LogP contribution in [0.2, 0.25) is 0 Å². The molecule has 0 atom stereocenters. The van der Waals surface area contributed by atoms with E-state index in [4.69, 9.17) is 20.0 Å². The van der Waals surface area contributed by atoms with Crippen LogP contribution in [-0.4, -0.2) is 24.7 Å². The summed E-state index contributed by atoms with van der Waals surface area (Å²) in [6, 6.07) is 0. The average molecular weight is 187 g/mol. The molecule has 10 heavy (non-hydrogen) atoms. The van der Waals surface area contributed by atoms with Gasteiger partial charge in [-0.3, -0.25) is 8.37 Å². The van der Waals surface area contributed by atoms with E-state index >= 15 is 0 Å². The number of alkyl halides is 1. The molecule has 0 bridgehead atoms. The van der Waals surface area contributed by atoms with Gasteiger partial charge in [-0.15, -0.1) is 11.6 Å². The molecule has 0 spiro atoms. The lowest BCUT2D eigenvalue weighted by atomic mass is 10.9. The monoisotopic (exact) mass is 186 g/mol. The highest BCUT2D eigenvalue weighted by molar-refractivity contribution is 8.26. The molecule has 0 heterocycles. The Balaban J connectivity index is 3.69. The molecule has 0 unspecified atom stereocenters. The van der Waals surface area contributed by atoms with Gasteiger partial charge in [-0.1, -0.05) is 0 Å². The molecule has 0 aliphatic rings. The van der Waals surface area contributed by atoms with Gasteiger partial charge >= 0.3 is 0 Å². The SMILES string of the molecule is CCOS(C)(CCl)OCC. The predicted octanol–water partition coefficient (Wildman–Crippen LogP) is 2.52. The van der Waals surface area contributed by atoms with Crippen molar-refractivity contribution in [3.05, 3.63) is 0 Å². The first kappa shape index (κ1) is 10.6. The highest BCUT2D eigenvalue weighted by Gasteiger charge is 2.10. The fourth-order valence-electron chi connectivity index (χ4n) is 0.596. The van der Waals surface area contributed by atoms with Crippen LogP contribution in [0.1, 0.15) is 13.8 Å². The van der Waals surface area contributed by atoms with E-state index in [1.165, 1.54) is 0 Å². The van der Waals surface area contributed by atoms with Gasteiger partial charge in [0.25, 0.3) is 0 Å². The van der Waals surface area contributed by atoms with E-state index in [1.54, 1.807) is 0 Å². The van der Waals surface area contributed by atoms with Gasteiger partial charge in [0, 0.05) is 6.26 Å². The van der Waals surface area contributed by atoms with Gasteiger partial charge < -0.3 is 0 Å². The molecule has 0 saturated carbocycles. The lowest BCUT2D eigenvalue weighted by molar-refractivity contribution is 0.282. The molecule has 0 aromatic rings. The second kappa shape index (κ2) is 5.24. The molecule has 0 aromatic heterocycles. The van der Waals surface area contributed by atoms with Crippen LogP contribution in [0, 0.1) is 0 Å². The van der Waals surface area contributed by atoms with Gasteiger partial charge in [-0.25, -0.2) is 0 Å². The Morgan fingerprint density at radius 2 is 1.60 bits per heavy atom. The molecule has 0 fully saturated rings. The Hall–Kier alpha value is 0.560. The third kappa shape index (κ3) is 3.66. The maximum Gasteiger partial charge on any atom is 0.112 e. The summed E-state index contributed by atoms with van der Waals surface area (Å²) in [5.74, 6) is 0. The van der Waals surface area contributed by atoms with Crippen LogP contribution in [0.25, 0.3) is 0 Å². The average Bonchev–Trinajstić information content (AvgIpc) is 1.89. The Morgan fingerprint density at radius 1 is 1.20 bits per heavy atom. The van der Waals surface area contributed by atoms with E-state index in [-0.39, 0.29) is 0 Å². The highest BCUT2D eigenvalue weighted by atomic mass is 35.5. The van der Waals surface area contributed by atoms with Gasteiger partial charge in [0.2, 0.25) is 0 Å². The summed E-state index contributed by atoms with van der Waals surface area (Å²) < 4.78 is 10.7. The number of hydrogen-bond donors (Lipinski definition) is 0. The molecule has 0 N–H and O–H groups in total. The molecule has 0 radical (unpaired) electrons. The van der Waals surface area contributed by atoms with Crippen molar-refractivity contribution in [3.63, 3.8) is 0 Å². The largest absolute Gasteiger partial charge is 0.284 e. The van der Waals surface area contributed by atoms with Crippen LogP contribution < -0.4 is 0 Å². The van der Waals surface area contributed by atoms with Gasteiger partial charge in [0.05, 0.1) is 13.2 Å². The standard InChI is InChI=1S/C6H15ClO2S/c1-4-8-10(3,6-7)9-5-2/h4-6H2,1-3H3.